The summed E-state index contributed by atoms with van der Waals surface area (Å²) in [5.41, 5.74) is 1.95. The van der Waals surface area contributed by atoms with Crippen LogP contribution in [0.1, 0.15) is 11.1 Å². The van der Waals surface area contributed by atoms with E-state index in [1.54, 1.807) is 0 Å². The van der Waals surface area contributed by atoms with Crippen LogP contribution < -0.4 is 0 Å². The minimum absolute atomic E-state index is 0.371. The fraction of sp³-hybridized carbons (Fsp3) is 0.400. The summed E-state index contributed by atoms with van der Waals surface area (Å²) in [4.78, 5) is 1.40. The molecule has 0 atom stereocenters. The maximum absolute atomic E-state index is 12.2. The monoisotopic (exact) mass is 279 g/mol. The summed E-state index contributed by atoms with van der Waals surface area (Å²) >= 11 is 3.35. The number of hydrogen-bond acceptors (Lipinski definition) is 1. The Morgan fingerprint density at radius 2 is 2.00 bits per heavy atom. The Bertz CT molecular complexity index is 375. The maximum atomic E-state index is 12.2. The smallest absolute Gasteiger partial charge is 0.286 e. The summed E-state index contributed by atoms with van der Waals surface area (Å²) in [7, 11) is 0. The van der Waals surface area contributed by atoms with Gasteiger partial charge >= 0.3 is 6.18 Å². The van der Waals surface area contributed by atoms with E-state index in [1.165, 1.54) is 4.90 Å². The fourth-order valence-corrected chi connectivity index (χ4v) is 2.35. The van der Waals surface area contributed by atoms with E-state index in [0.717, 1.165) is 15.6 Å². The first kappa shape index (κ1) is 11.0. The van der Waals surface area contributed by atoms with Crippen LogP contribution in [0.15, 0.2) is 22.7 Å². The first-order chi connectivity index (χ1) is 6.96. The number of nitrogens with zero attached hydrogens (tertiary/aromatic N) is 1. The van der Waals surface area contributed by atoms with Crippen LogP contribution in [0.3, 0.4) is 0 Å². The molecule has 5 heteroatoms. The average molecular weight is 280 g/mol. The zero-order chi connectivity index (χ0) is 11.1. The summed E-state index contributed by atoms with van der Waals surface area (Å²) in [6.45, 7) is -0.0847. The topological polar surface area (TPSA) is 3.24 Å². The van der Waals surface area contributed by atoms with Crippen LogP contribution in [0.2, 0.25) is 0 Å². The molecule has 0 radical (unpaired) electrons. The Hall–Kier alpha value is -0.550. The van der Waals surface area contributed by atoms with Gasteiger partial charge in [0.2, 0.25) is 0 Å². The van der Waals surface area contributed by atoms with E-state index in [1.807, 2.05) is 18.2 Å². The van der Waals surface area contributed by atoms with Gasteiger partial charge in [-0.1, -0.05) is 28.1 Å². The van der Waals surface area contributed by atoms with Crippen LogP contribution in [-0.4, -0.2) is 17.6 Å². The summed E-state index contributed by atoms with van der Waals surface area (Å²) in [6.07, 6.45) is -4.12. The number of alkyl halides is 3. The van der Waals surface area contributed by atoms with Crippen molar-refractivity contribution in [1.82, 2.24) is 4.90 Å². The zero-order valence-electron chi connectivity index (χ0n) is 7.81. The molecule has 0 aromatic heterocycles. The lowest BCUT2D eigenvalue weighted by Crippen LogP contribution is -2.29. The molecule has 1 aromatic carbocycles. The van der Waals surface area contributed by atoms with Crippen LogP contribution in [-0.2, 0) is 13.1 Å². The van der Waals surface area contributed by atoms with Gasteiger partial charge in [-0.05, 0) is 17.2 Å². The quantitative estimate of drug-likeness (QED) is 0.762. The molecule has 82 valence electrons. The molecule has 0 saturated heterocycles. The zero-order valence-corrected chi connectivity index (χ0v) is 9.40. The van der Waals surface area contributed by atoms with E-state index >= 15 is 0 Å². The first-order valence-electron chi connectivity index (χ1n) is 4.51. The molecule has 2 rings (SSSR count). The van der Waals surface area contributed by atoms with Crippen molar-refractivity contribution in [2.24, 2.45) is 0 Å². The number of fused-ring (bicyclic) bond motifs is 1. The van der Waals surface area contributed by atoms with Crippen molar-refractivity contribution in [3.05, 3.63) is 33.8 Å². The predicted octanol–water partition coefficient (Wildman–Crippen LogP) is 3.33. The molecule has 0 bridgehead atoms. The summed E-state index contributed by atoms with van der Waals surface area (Å²) in [6, 6.07) is 5.58. The normalized spacial score (nSPS) is 16.8. The van der Waals surface area contributed by atoms with E-state index in [-0.39, 0.29) is 0 Å². The van der Waals surface area contributed by atoms with Crippen LogP contribution >= 0.6 is 15.9 Å². The summed E-state index contributed by atoms with van der Waals surface area (Å²) in [5, 5.41) is 0. The Balaban J connectivity index is 2.13. The van der Waals surface area contributed by atoms with Gasteiger partial charge in [0.1, 0.15) is 0 Å². The molecule has 0 aliphatic carbocycles. The lowest BCUT2D eigenvalue weighted by atomic mass is 10.1. The second-order valence-electron chi connectivity index (χ2n) is 3.64. The Kier molecular flexibility index (Phi) is 2.77. The predicted molar refractivity (Wildman–Crippen MR) is 54.3 cm³/mol. The van der Waals surface area contributed by atoms with Gasteiger partial charge in [-0.15, -0.1) is 0 Å². The van der Waals surface area contributed by atoms with Gasteiger partial charge in [-0.25, -0.2) is 0 Å². The van der Waals surface area contributed by atoms with E-state index in [2.05, 4.69) is 15.9 Å². The third-order valence-corrected chi connectivity index (χ3v) is 3.14. The van der Waals surface area contributed by atoms with Crippen LogP contribution in [0.4, 0.5) is 13.2 Å². The van der Waals surface area contributed by atoms with Crippen molar-refractivity contribution in [2.45, 2.75) is 19.3 Å². The summed E-state index contributed by atoms with van der Waals surface area (Å²) < 4.78 is 37.4. The molecular weight excluding hydrogens is 271 g/mol. The van der Waals surface area contributed by atoms with E-state index < -0.39 is 12.7 Å². The number of rotatable bonds is 1. The van der Waals surface area contributed by atoms with Gasteiger partial charge in [0.25, 0.3) is 0 Å². The molecule has 1 aromatic rings. The van der Waals surface area contributed by atoms with Crippen molar-refractivity contribution < 1.29 is 13.2 Å². The van der Waals surface area contributed by atoms with E-state index in [9.17, 15) is 13.2 Å². The van der Waals surface area contributed by atoms with Crippen LogP contribution in [0, 0.1) is 0 Å². The van der Waals surface area contributed by atoms with Crippen molar-refractivity contribution >= 4 is 15.9 Å². The van der Waals surface area contributed by atoms with E-state index in [4.69, 9.17) is 0 Å². The fourth-order valence-electron chi connectivity index (χ4n) is 1.81. The highest BCUT2D eigenvalue weighted by atomic mass is 79.9. The Labute approximate surface area is 94.0 Å². The molecular formula is C10H9BrF3N. The van der Waals surface area contributed by atoms with E-state index in [0.29, 0.717) is 13.1 Å². The third-order valence-electron chi connectivity index (χ3n) is 2.39. The molecule has 0 saturated carbocycles. The number of hydrogen-bond donors (Lipinski definition) is 0. The van der Waals surface area contributed by atoms with Crippen molar-refractivity contribution in [3.8, 4) is 0 Å². The number of halogens is 4. The molecule has 15 heavy (non-hydrogen) atoms. The molecule has 1 aliphatic rings. The lowest BCUT2D eigenvalue weighted by molar-refractivity contribution is -0.146. The minimum Gasteiger partial charge on any atom is -0.286 e. The third kappa shape index (κ3) is 2.52. The molecule has 0 unspecified atom stereocenters. The number of benzene rings is 1. The lowest BCUT2D eigenvalue weighted by Gasteiger charge is -2.16. The molecule has 0 fully saturated rings. The second kappa shape index (κ2) is 3.79. The highest BCUT2D eigenvalue weighted by molar-refractivity contribution is 9.10. The molecule has 1 nitrogen and oxygen atoms in total. The van der Waals surface area contributed by atoms with Gasteiger partial charge in [-0.2, -0.15) is 13.2 Å². The van der Waals surface area contributed by atoms with Crippen molar-refractivity contribution in [1.29, 1.82) is 0 Å². The van der Waals surface area contributed by atoms with Gasteiger partial charge in [-0.3, -0.25) is 4.90 Å². The minimum atomic E-state index is -4.12. The molecule has 1 aliphatic heterocycles. The summed E-state index contributed by atoms with van der Waals surface area (Å²) in [5.74, 6) is 0. The Morgan fingerprint density at radius 3 is 2.60 bits per heavy atom. The van der Waals surface area contributed by atoms with Gasteiger partial charge in [0, 0.05) is 17.6 Å². The molecule has 0 N–H and O–H groups in total. The van der Waals surface area contributed by atoms with Crippen LogP contribution in [0.5, 0.6) is 0 Å². The standard InChI is InChI=1S/C10H9BrF3N/c11-9-3-1-2-7-4-15(5-8(7)9)6-10(12,13)14/h1-3H,4-6H2. The second-order valence-corrected chi connectivity index (χ2v) is 4.49. The largest absolute Gasteiger partial charge is 0.401 e. The van der Waals surface area contributed by atoms with Crippen molar-refractivity contribution in [3.63, 3.8) is 0 Å². The van der Waals surface area contributed by atoms with Crippen molar-refractivity contribution in [2.75, 3.05) is 6.54 Å². The molecule has 1 heterocycles. The van der Waals surface area contributed by atoms with Gasteiger partial charge in [0.15, 0.2) is 0 Å². The highest BCUT2D eigenvalue weighted by Crippen LogP contribution is 2.31. The van der Waals surface area contributed by atoms with Gasteiger partial charge < -0.3 is 0 Å². The van der Waals surface area contributed by atoms with Crippen LogP contribution in [0.25, 0.3) is 0 Å². The average Bonchev–Trinajstić information content (AvgIpc) is 2.45. The molecule has 0 spiro atoms. The van der Waals surface area contributed by atoms with Gasteiger partial charge in [0.05, 0.1) is 6.54 Å². The Morgan fingerprint density at radius 1 is 1.27 bits per heavy atom. The first-order valence-corrected chi connectivity index (χ1v) is 5.30. The SMILES string of the molecule is FC(F)(F)CN1Cc2cccc(Br)c2C1. The highest BCUT2D eigenvalue weighted by Gasteiger charge is 2.33. The maximum Gasteiger partial charge on any atom is 0.401 e. The molecule has 0 amide bonds.